The Hall–Kier alpha value is -3.89. The summed E-state index contributed by atoms with van der Waals surface area (Å²) in [5.74, 6) is -2.08. The van der Waals surface area contributed by atoms with Crippen molar-refractivity contribution < 1.29 is 30.4 Å². The number of alkyl halides is 3. The third-order valence-electron chi connectivity index (χ3n) is 6.12. The van der Waals surface area contributed by atoms with Gasteiger partial charge in [0.1, 0.15) is 23.3 Å². The predicted octanol–water partition coefficient (Wildman–Crippen LogP) is 6.21. The highest BCUT2D eigenvalue weighted by atomic mass is 32.2. The largest absolute Gasteiger partial charge is 0.417 e. The first-order valence-corrected chi connectivity index (χ1v) is 14.3. The lowest BCUT2D eigenvalue weighted by Crippen LogP contribution is -2.28. The van der Waals surface area contributed by atoms with E-state index in [0.29, 0.717) is 34.7 Å². The molecule has 0 bridgehead atoms. The first-order chi connectivity index (χ1) is 18.8. The van der Waals surface area contributed by atoms with Gasteiger partial charge in [0.15, 0.2) is 14.9 Å². The van der Waals surface area contributed by atoms with Crippen LogP contribution in [0.25, 0.3) is 21.0 Å². The number of halogens is 5. The lowest BCUT2D eigenvalue weighted by Gasteiger charge is -2.17. The molecule has 6 nitrogen and oxygen atoms in total. The fraction of sp³-hybridized carbons (Fsp3) is 0.222. The molecular weight excluding hydrogens is 573 g/mol. The van der Waals surface area contributed by atoms with Gasteiger partial charge in [0.25, 0.3) is 5.56 Å². The van der Waals surface area contributed by atoms with Crippen LogP contribution in [0.1, 0.15) is 36.2 Å². The zero-order valence-electron chi connectivity index (χ0n) is 21.0. The molecule has 3 aromatic heterocycles. The van der Waals surface area contributed by atoms with E-state index in [1.165, 1.54) is 25.1 Å². The monoisotopic (exact) mass is 593 g/mol. The molecule has 3 heterocycles. The van der Waals surface area contributed by atoms with Crippen LogP contribution in [-0.4, -0.2) is 23.7 Å². The van der Waals surface area contributed by atoms with Crippen LogP contribution in [-0.2, 0) is 29.0 Å². The molecule has 208 valence electrons. The second kappa shape index (κ2) is 10.9. The van der Waals surface area contributed by atoms with Gasteiger partial charge < -0.3 is 4.57 Å². The lowest BCUT2D eigenvalue weighted by atomic mass is 10.1. The molecule has 1 aromatic carbocycles. The van der Waals surface area contributed by atoms with E-state index in [1.807, 2.05) is 0 Å². The fourth-order valence-corrected chi connectivity index (χ4v) is 5.86. The van der Waals surface area contributed by atoms with Crippen LogP contribution in [0, 0.1) is 23.0 Å². The molecule has 0 saturated heterocycles. The number of pyridine rings is 2. The van der Waals surface area contributed by atoms with Crippen molar-refractivity contribution in [3.8, 4) is 27.1 Å². The van der Waals surface area contributed by atoms with E-state index >= 15 is 0 Å². The van der Waals surface area contributed by atoms with Crippen LogP contribution in [0.3, 0.4) is 0 Å². The van der Waals surface area contributed by atoms with Gasteiger partial charge in [-0.3, -0.25) is 4.79 Å². The van der Waals surface area contributed by atoms with Crippen molar-refractivity contribution in [2.24, 2.45) is 0 Å². The van der Waals surface area contributed by atoms with Gasteiger partial charge in [-0.25, -0.2) is 22.2 Å². The minimum Gasteiger partial charge on any atom is -0.302 e. The summed E-state index contributed by atoms with van der Waals surface area (Å²) >= 11 is 0.972. The molecule has 0 aliphatic heterocycles. The van der Waals surface area contributed by atoms with Gasteiger partial charge in [-0.15, -0.1) is 11.3 Å². The molecule has 13 heteroatoms. The number of aromatic nitrogens is 2. The minimum atomic E-state index is -5.04. The van der Waals surface area contributed by atoms with E-state index < -0.39 is 50.9 Å². The van der Waals surface area contributed by atoms with E-state index in [9.17, 15) is 40.4 Å². The zero-order valence-corrected chi connectivity index (χ0v) is 22.6. The van der Waals surface area contributed by atoms with Crippen molar-refractivity contribution in [1.82, 2.24) is 9.55 Å². The Labute approximate surface area is 229 Å². The van der Waals surface area contributed by atoms with Gasteiger partial charge in [-0.05, 0) is 48.4 Å². The molecule has 0 amide bonds. The quantitative estimate of drug-likeness (QED) is 0.238. The number of aryl methyl sites for hydroxylation is 1. The molecule has 0 aliphatic rings. The summed E-state index contributed by atoms with van der Waals surface area (Å²) in [6.45, 7) is 2.69. The molecule has 0 spiro atoms. The molecule has 4 aromatic rings. The van der Waals surface area contributed by atoms with Gasteiger partial charge in [0, 0.05) is 22.2 Å². The van der Waals surface area contributed by atoms with Crippen molar-refractivity contribution in [2.75, 3.05) is 5.75 Å². The third kappa shape index (κ3) is 5.68. The first kappa shape index (κ1) is 29.1. The maximum atomic E-state index is 14.5. The standard InChI is InChI=1S/C27H20F5N3O3S2/c1-3-18-9-16(10-25(34-18)40(37,38)4-2)23-7-8-24(39-23)22-12-20(27(30,31)32)19(13-33)26(36)35(22)14-15-5-6-17(28)11-21(15)29/h5-12H,3-4,14H2,1-2H3. The number of nitrogens with zero attached hydrogens (tertiary/aromatic N) is 3. The number of rotatable bonds is 7. The fourth-order valence-electron chi connectivity index (χ4n) is 3.98. The van der Waals surface area contributed by atoms with Gasteiger partial charge in [0.2, 0.25) is 0 Å². The van der Waals surface area contributed by atoms with Crippen molar-refractivity contribution in [2.45, 2.75) is 38.0 Å². The number of hydrogen-bond acceptors (Lipinski definition) is 6. The number of hydrogen-bond donors (Lipinski definition) is 0. The number of thiophene rings is 1. The normalized spacial score (nSPS) is 11.9. The number of nitriles is 1. The Morgan fingerprint density at radius 1 is 1.02 bits per heavy atom. The zero-order chi connectivity index (χ0) is 29.4. The van der Waals surface area contributed by atoms with Gasteiger partial charge in [0.05, 0.1) is 28.4 Å². The van der Waals surface area contributed by atoms with Crippen molar-refractivity contribution in [1.29, 1.82) is 5.26 Å². The van der Waals surface area contributed by atoms with E-state index in [4.69, 9.17) is 0 Å². The van der Waals surface area contributed by atoms with Crippen LogP contribution >= 0.6 is 11.3 Å². The molecule has 0 fully saturated rings. The van der Waals surface area contributed by atoms with Crippen LogP contribution in [0.4, 0.5) is 22.0 Å². The molecule has 0 atom stereocenters. The topological polar surface area (TPSA) is 92.8 Å². The second-order valence-electron chi connectivity index (χ2n) is 8.66. The first-order valence-electron chi connectivity index (χ1n) is 11.8. The number of benzene rings is 1. The summed E-state index contributed by atoms with van der Waals surface area (Å²) in [5.41, 5.74) is -3.39. The highest BCUT2D eigenvalue weighted by molar-refractivity contribution is 7.91. The highest BCUT2D eigenvalue weighted by Crippen LogP contribution is 2.38. The molecule has 0 unspecified atom stereocenters. The summed E-state index contributed by atoms with van der Waals surface area (Å²) in [5, 5.41) is 9.24. The Bertz CT molecular complexity index is 1820. The van der Waals surface area contributed by atoms with E-state index in [0.717, 1.165) is 28.0 Å². The van der Waals surface area contributed by atoms with Crippen LogP contribution in [0.2, 0.25) is 0 Å². The van der Waals surface area contributed by atoms with E-state index in [-0.39, 0.29) is 26.9 Å². The molecule has 0 N–H and O–H groups in total. The van der Waals surface area contributed by atoms with Gasteiger partial charge >= 0.3 is 6.18 Å². The summed E-state index contributed by atoms with van der Waals surface area (Å²) < 4.78 is 95.3. The summed E-state index contributed by atoms with van der Waals surface area (Å²) in [4.78, 5) is 18.0. The van der Waals surface area contributed by atoms with Crippen LogP contribution in [0.15, 0.2) is 58.4 Å². The average Bonchev–Trinajstić information content (AvgIpc) is 3.40. The highest BCUT2D eigenvalue weighted by Gasteiger charge is 2.37. The SMILES string of the molecule is CCc1cc(-c2ccc(-c3cc(C(F)(F)F)c(C#N)c(=O)n3Cc3ccc(F)cc3F)s2)cc(S(=O)(=O)CC)n1. The van der Waals surface area contributed by atoms with Gasteiger partial charge in [-0.2, -0.15) is 18.4 Å². The predicted molar refractivity (Wildman–Crippen MR) is 140 cm³/mol. The molecule has 0 aliphatic carbocycles. The molecular formula is C27H20F5N3O3S2. The average molecular weight is 594 g/mol. The number of sulfone groups is 1. The molecule has 40 heavy (non-hydrogen) atoms. The Kier molecular flexibility index (Phi) is 7.96. The van der Waals surface area contributed by atoms with E-state index in [1.54, 1.807) is 19.1 Å². The van der Waals surface area contributed by atoms with Crippen LogP contribution in [0.5, 0.6) is 0 Å². The van der Waals surface area contributed by atoms with E-state index in [2.05, 4.69) is 4.98 Å². The molecule has 0 radical (unpaired) electrons. The Morgan fingerprint density at radius 2 is 1.73 bits per heavy atom. The van der Waals surface area contributed by atoms with Gasteiger partial charge in [-0.1, -0.05) is 19.9 Å². The summed E-state index contributed by atoms with van der Waals surface area (Å²) in [6.07, 6.45) is -4.62. The molecule has 4 rings (SSSR count). The second-order valence-corrected chi connectivity index (χ2v) is 12.0. The summed E-state index contributed by atoms with van der Waals surface area (Å²) in [7, 11) is -3.66. The maximum Gasteiger partial charge on any atom is 0.417 e. The molecule has 0 saturated carbocycles. The maximum absolute atomic E-state index is 14.5. The minimum absolute atomic E-state index is 0.138. The Balaban J connectivity index is 1.94. The van der Waals surface area contributed by atoms with Crippen LogP contribution < -0.4 is 5.56 Å². The van der Waals surface area contributed by atoms with Crippen molar-refractivity contribution in [3.05, 3.63) is 92.9 Å². The Morgan fingerprint density at radius 3 is 2.33 bits per heavy atom. The third-order valence-corrected chi connectivity index (χ3v) is 8.88. The smallest absolute Gasteiger partial charge is 0.302 e. The van der Waals surface area contributed by atoms with Crippen molar-refractivity contribution in [3.63, 3.8) is 0 Å². The summed E-state index contributed by atoms with van der Waals surface area (Å²) in [6, 6.07) is 10.6. The van der Waals surface area contributed by atoms with Crippen molar-refractivity contribution >= 4 is 21.2 Å². The lowest BCUT2D eigenvalue weighted by molar-refractivity contribution is -0.137.